The minimum Gasteiger partial charge on any atom is -0.325 e. The van der Waals surface area contributed by atoms with E-state index in [4.69, 9.17) is 5.73 Å². The van der Waals surface area contributed by atoms with Crippen molar-refractivity contribution in [2.24, 2.45) is 5.73 Å². The number of carbonyl (C=O) groups is 1. The van der Waals surface area contributed by atoms with Crippen LogP contribution in [0.25, 0.3) is 0 Å². The molecule has 0 radical (unpaired) electrons. The van der Waals surface area contributed by atoms with Crippen LogP contribution < -0.4 is 11.1 Å². The Hall–Kier alpha value is -1.56. The molecule has 2 rings (SSSR count). The highest BCUT2D eigenvalue weighted by Gasteiger charge is 2.35. The summed E-state index contributed by atoms with van der Waals surface area (Å²) in [5.41, 5.74) is 4.42. The van der Waals surface area contributed by atoms with Gasteiger partial charge in [0.2, 0.25) is 5.91 Å². The van der Waals surface area contributed by atoms with E-state index in [0.29, 0.717) is 0 Å². The Morgan fingerprint density at radius 2 is 1.85 bits per heavy atom. The molecule has 1 amide bonds. The van der Waals surface area contributed by atoms with Gasteiger partial charge >= 0.3 is 6.18 Å². The number of para-hydroxylation sites is 1. The highest BCUT2D eigenvalue weighted by molar-refractivity contribution is 5.92. The topological polar surface area (TPSA) is 55.1 Å². The molecule has 6 heteroatoms. The maximum absolute atomic E-state index is 12.8. The number of hydrogen-bond donors (Lipinski definition) is 2. The summed E-state index contributed by atoms with van der Waals surface area (Å²) in [4.78, 5) is 11.9. The molecule has 3 N–H and O–H groups in total. The molecule has 0 bridgehead atoms. The number of alkyl halides is 3. The maximum Gasteiger partial charge on any atom is 0.418 e. The van der Waals surface area contributed by atoms with Crippen molar-refractivity contribution in [3.63, 3.8) is 0 Å². The van der Waals surface area contributed by atoms with E-state index in [9.17, 15) is 18.0 Å². The molecule has 3 nitrogen and oxygen atoms in total. The van der Waals surface area contributed by atoms with Gasteiger partial charge in [-0.2, -0.15) is 13.2 Å². The number of anilines is 1. The number of halogens is 3. The van der Waals surface area contributed by atoms with Gasteiger partial charge < -0.3 is 11.1 Å². The van der Waals surface area contributed by atoms with Crippen LogP contribution in [0.3, 0.4) is 0 Å². The number of carbonyl (C=O) groups excluding carboxylic acids is 1. The van der Waals surface area contributed by atoms with Crippen LogP contribution in [0.15, 0.2) is 24.3 Å². The van der Waals surface area contributed by atoms with Gasteiger partial charge in [0.05, 0.1) is 11.3 Å². The molecule has 1 aromatic carbocycles. The summed E-state index contributed by atoms with van der Waals surface area (Å²) in [7, 11) is 0. The first-order valence-electron chi connectivity index (χ1n) is 6.55. The summed E-state index contributed by atoms with van der Waals surface area (Å²) >= 11 is 0. The largest absolute Gasteiger partial charge is 0.418 e. The Bertz CT molecular complexity index is 493. The summed E-state index contributed by atoms with van der Waals surface area (Å²) in [5.74, 6) is -0.467. The monoisotopic (exact) mass is 286 g/mol. The molecule has 0 aliphatic heterocycles. The zero-order valence-corrected chi connectivity index (χ0v) is 11.0. The van der Waals surface area contributed by atoms with Gasteiger partial charge in [0, 0.05) is 12.0 Å². The van der Waals surface area contributed by atoms with Gasteiger partial charge in [-0.3, -0.25) is 4.79 Å². The van der Waals surface area contributed by atoms with Gasteiger partial charge in [0.25, 0.3) is 0 Å². The highest BCUT2D eigenvalue weighted by Crippen LogP contribution is 2.35. The third-order valence-corrected chi connectivity index (χ3v) is 3.62. The van der Waals surface area contributed by atoms with Crippen LogP contribution in [0.4, 0.5) is 18.9 Å². The molecule has 1 fully saturated rings. The highest BCUT2D eigenvalue weighted by atomic mass is 19.4. The molecule has 1 aliphatic carbocycles. The number of benzene rings is 1. The summed E-state index contributed by atoms with van der Waals surface area (Å²) in [6, 6.07) is 4.94. The van der Waals surface area contributed by atoms with Crippen molar-refractivity contribution >= 4 is 11.6 Å². The first-order valence-corrected chi connectivity index (χ1v) is 6.55. The molecule has 20 heavy (non-hydrogen) atoms. The molecule has 1 aliphatic rings. The molecule has 0 aromatic heterocycles. The normalized spacial score (nSPS) is 18.0. The van der Waals surface area contributed by atoms with Crippen LogP contribution in [0.1, 0.15) is 37.7 Å². The first kappa shape index (κ1) is 14.8. The molecule has 0 heterocycles. The molecule has 0 unspecified atom stereocenters. The van der Waals surface area contributed by atoms with E-state index in [1.807, 2.05) is 0 Å². The summed E-state index contributed by atoms with van der Waals surface area (Å²) < 4.78 is 38.4. The fraction of sp³-hybridized carbons (Fsp3) is 0.500. The average molecular weight is 286 g/mol. The second kappa shape index (κ2) is 5.44. The molecule has 0 spiro atoms. The summed E-state index contributed by atoms with van der Waals surface area (Å²) in [6.07, 6.45) is -1.04. The molecule has 0 saturated heterocycles. The number of hydrogen-bond acceptors (Lipinski definition) is 2. The minimum absolute atomic E-state index is 0.0548. The van der Waals surface area contributed by atoms with Crippen molar-refractivity contribution in [3.05, 3.63) is 29.8 Å². The van der Waals surface area contributed by atoms with Crippen molar-refractivity contribution in [2.45, 2.75) is 43.8 Å². The Morgan fingerprint density at radius 3 is 2.45 bits per heavy atom. The lowest BCUT2D eigenvalue weighted by Crippen LogP contribution is -2.40. The van der Waals surface area contributed by atoms with Gasteiger partial charge in [0.1, 0.15) is 0 Å². The Kier molecular flexibility index (Phi) is 4.04. The predicted octanol–water partition coefficient (Wildman–Crippen LogP) is 3.31. The van der Waals surface area contributed by atoms with Gasteiger partial charge in [-0.05, 0) is 25.0 Å². The van der Waals surface area contributed by atoms with Crippen LogP contribution in [0.2, 0.25) is 0 Å². The Morgan fingerprint density at radius 1 is 1.25 bits per heavy atom. The van der Waals surface area contributed by atoms with E-state index in [2.05, 4.69) is 5.32 Å². The van der Waals surface area contributed by atoms with Crippen LogP contribution in [-0.4, -0.2) is 11.4 Å². The number of amides is 1. The van der Waals surface area contributed by atoms with Crippen LogP contribution in [0.5, 0.6) is 0 Å². The molecule has 110 valence electrons. The van der Waals surface area contributed by atoms with E-state index in [1.165, 1.54) is 18.2 Å². The Labute approximate surface area is 115 Å². The smallest absolute Gasteiger partial charge is 0.325 e. The fourth-order valence-corrected chi connectivity index (χ4v) is 2.61. The van der Waals surface area contributed by atoms with Crippen molar-refractivity contribution in [2.75, 3.05) is 5.32 Å². The third kappa shape index (κ3) is 3.50. The number of nitrogens with one attached hydrogen (secondary N) is 1. The van der Waals surface area contributed by atoms with Crippen LogP contribution in [-0.2, 0) is 11.0 Å². The fourth-order valence-electron chi connectivity index (χ4n) is 2.61. The van der Waals surface area contributed by atoms with Crippen LogP contribution in [0, 0.1) is 0 Å². The average Bonchev–Trinajstić information content (AvgIpc) is 2.74. The summed E-state index contributed by atoms with van der Waals surface area (Å²) in [5, 5.41) is 2.33. The van der Waals surface area contributed by atoms with Gasteiger partial charge in [0.15, 0.2) is 0 Å². The quantitative estimate of drug-likeness (QED) is 0.895. The molecular formula is C14H17F3N2O. The van der Waals surface area contributed by atoms with E-state index in [0.717, 1.165) is 31.7 Å². The molecular weight excluding hydrogens is 269 g/mol. The van der Waals surface area contributed by atoms with E-state index < -0.39 is 23.2 Å². The van der Waals surface area contributed by atoms with Crippen LogP contribution >= 0.6 is 0 Å². The zero-order valence-electron chi connectivity index (χ0n) is 11.0. The van der Waals surface area contributed by atoms with Gasteiger partial charge in [-0.15, -0.1) is 0 Å². The molecule has 1 saturated carbocycles. The van der Waals surface area contributed by atoms with Crippen molar-refractivity contribution < 1.29 is 18.0 Å². The van der Waals surface area contributed by atoms with E-state index >= 15 is 0 Å². The minimum atomic E-state index is -4.49. The standard InChI is InChI=1S/C14H17F3N2O/c15-14(16,17)10-5-1-2-6-11(10)19-12(20)9-13(18)7-3-4-8-13/h1-2,5-6H,3-4,7-9,18H2,(H,19,20). The number of nitrogens with two attached hydrogens (primary N) is 1. The van der Waals surface area contributed by atoms with Crippen molar-refractivity contribution in [1.82, 2.24) is 0 Å². The van der Waals surface area contributed by atoms with Crippen molar-refractivity contribution in [3.8, 4) is 0 Å². The lowest BCUT2D eigenvalue weighted by Gasteiger charge is -2.23. The second-order valence-electron chi connectivity index (χ2n) is 5.34. The molecule has 1 aromatic rings. The maximum atomic E-state index is 12.8. The Balaban J connectivity index is 2.08. The zero-order chi connectivity index (χ0) is 14.8. The SMILES string of the molecule is NC1(CC(=O)Nc2ccccc2C(F)(F)F)CCCC1. The van der Waals surface area contributed by atoms with Gasteiger partial charge in [-0.25, -0.2) is 0 Å². The number of rotatable bonds is 3. The second-order valence-corrected chi connectivity index (χ2v) is 5.34. The lowest BCUT2D eigenvalue weighted by molar-refractivity contribution is -0.137. The molecule has 0 atom stereocenters. The van der Waals surface area contributed by atoms with Gasteiger partial charge in [-0.1, -0.05) is 25.0 Å². The van der Waals surface area contributed by atoms with Crippen molar-refractivity contribution in [1.29, 1.82) is 0 Å². The third-order valence-electron chi connectivity index (χ3n) is 3.62. The summed E-state index contributed by atoms with van der Waals surface area (Å²) in [6.45, 7) is 0. The first-order chi connectivity index (χ1) is 9.30. The van der Waals surface area contributed by atoms with E-state index in [-0.39, 0.29) is 12.1 Å². The predicted molar refractivity (Wildman–Crippen MR) is 70.1 cm³/mol. The lowest BCUT2D eigenvalue weighted by atomic mass is 9.94. The van der Waals surface area contributed by atoms with E-state index in [1.54, 1.807) is 0 Å².